The maximum Gasteiger partial charge on any atom is 0.256 e. The molecule has 4 aromatic rings. The summed E-state index contributed by atoms with van der Waals surface area (Å²) in [5.74, 6) is -2.62. The number of benzene rings is 1. The lowest BCUT2D eigenvalue weighted by Crippen LogP contribution is -2.57. The van der Waals surface area contributed by atoms with E-state index in [1.54, 1.807) is 0 Å². The van der Waals surface area contributed by atoms with Gasteiger partial charge in [-0.05, 0) is 24.1 Å². The van der Waals surface area contributed by atoms with Crippen molar-refractivity contribution in [3.05, 3.63) is 36.3 Å². The molecule has 2 aliphatic rings. The van der Waals surface area contributed by atoms with Gasteiger partial charge in [-0.3, -0.25) is 4.90 Å². The van der Waals surface area contributed by atoms with Crippen LogP contribution in [0.5, 0.6) is 5.88 Å². The molecule has 3 aromatic heterocycles. The van der Waals surface area contributed by atoms with E-state index in [0.717, 1.165) is 27.7 Å². The van der Waals surface area contributed by atoms with Gasteiger partial charge in [0.05, 0.1) is 66.6 Å². The van der Waals surface area contributed by atoms with E-state index in [1.807, 2.05) is 4.90 Å². The average Bonchev–Trinajstić information content (AvgIpc) is 3.39. The maximum absolute atomic E-state index is 15.4. The number of fused-ring (bicyclic) bond motifs is 2. The summed E-state index contributed by atoms with van der Waals surface area (Å²) in [6.07, 6.45) is -1.71. The van der Waals surface area contributed by atoms with Crippen LogP contribution < -0.4 is 10.1 Å². The number of alkyl halides is 3. The Labute approximate surface area is 217 Å². The Hall–Kier alpha value is -3.52. The summed E-state index contributed by atoms with van der Waals surface area (Å²) in [6, 6.07) is 1.66. The molecule has 14 heteroatoms. The molecule has 1 N–H and O–H groups in total. The summed E-state index contributed by atoms with van der Waals surface area (Å²) in [5, 5.41) is 7.06. The fourth-order valence-electron chi connectivity index (χ4n) is 5.01. The highest BCUT2D eigenvalue weighted by Crippen LogP contribution is 2.36. The zero-order valence-electron chi connectivity index (χ0n) is 22.8. The predicted molar refractivity (Wildman–Crippen MR) is 127 cm³/mol. The first-order valence-electron chi connectivity index (χ1n) is 13.4. The number of nitrogens with zero attached hydrogens (tertiary/aromatic N) is 6. The standard InChI is InChI=1S/C24H24F5N7O2/c1-37-23-22-20(12-4-14(25)21-18(5-12)35(11-30-21)8-19(28)29)16(27)7-36(22)33-24(32-23)31-17-2-3-34(6-15(17)26)13-9-38-10-13/h4-5,7,11,13,15,17,19H,2-3,6,8-10H2,1H3,(H,31,33)/t15-,17-/m0/s1/i1D3. The van der Waals surface area contributed by atoms with E-state index in [2.05, 4.69) is 20.4 Å². The molecule has 2 saturated heterocycles. The third kappa shape index (κ3) is 4.30. The fraction of sp³-hybridized carbons (Fsp3) is 0.458. The Balaban J connectivity index is 1.39. The third-order valence-corrected chi connectivity index (χ3v) is 6.98. The van der Waals surface area contributed by atoms with E-state index in [0.29, 0.717) is 26.2 Å². The zero-order valence-corrected chi connectivity index (χ0v) is 19.8. The molecule has 1 aromatic carbocycles. The monoisotopic (exact) mass is 540 g/mol. The lowest BCUT2D eigenvalue weighted by Gasteiger charge is -2.42. The quantitative estimate of drug-likeness (QED) is 0.360. The van der Waals surface area contributed by atoms with Crippen molar-refractivity contribution in [1.82, 2.24) is 29.0 Å². The minimum atomic E-state index is -3.02. The van der Waals surface area contributed by atoms with E-state index in [9.17, 15) is 13.2 Å². The first-order valence-corrected chi connectivity index (χ1v) is 11.9. The number of anilines is 1. The van der Waals surface area contributed by atoms with Gasteiger partial charge >= 0.3 is 0 Å². The second-order valence-corrected chi connectivity index (χ2v) is 9.34. The smallest absolute Gasteiger partial charge is 0.256 e. The molecule has 0 amide bonds. The lowest BCUT2D eigenvalue weighted by molar-refractivity contribution is -0.0794. The highest BCUT2D eigenvalue weighted by molar-refractivity contribution is 5.90. The third-order valence-electron chi connectivity index (χ3n) is 6.98. The van der Waals surface area contributed by atoms with Gasteiger partial charge in [-0.2, -0.15) is 4.98 Å². The molecule has 0 spiro atoms. The van der Waals surface area contributed by atoms with Crippen LogP contribution in [0.1, 0.15) is 10.5 Å². The Bertz CT molecular complexity index is 1590. The van der Waals surface area contributed by atoms with Gasteiger partial charge in [0.25, 0.3) is 6.43 Å². The first kappa shape index (κ1) is 21.4. The number of hydrogen-bond acceptors (Lipinski definition) is 7. The van der Waals surface area contributed by atoms with Crippen LogP contribution in [0, 0.1) is 11.6 Å². The summed E-state index contributed by atoms with van der Waals surface area (Å²) in [4.78, 5) is 9.94. The van der Waals surface area contributed by atoms with Gasteiger partial charge in [-0.15, -0.1) is 5.10 Å². The molecule has 0 aliphatic carbocycles. The van der Waals surface area contributed by atoms with Crippen molar-refractivity contribution in [2.45, 2.75) is 37.6 Å². The molecule has 38 heavy (non-hydrogen) atoms. The fourth-order valence-corrected chi connectivity index (χ4v) is 5.01. The molecule has 2 atom stereocenters. The van der Waals surface area contributed by atoms with Crippen LogP contribution in [0.3, 0.4) is 0 Å². The van der Waals surface area contributed by atoms with Gasteiger partial charge in [-0.1, -0.05) is 0 Å². The molecule has 2 fully saturated rings. The molecule has 0 bridgehead atoms. The summed E-state index contributed by atoms with van der Waals surface area (Å²) in [6.45, 7) is 1.07. The van der Waals surface area contributed by atoms with Crippen LogP contribution in [0.25, 0.3) is 27.7 Å². The number of methoxy groups -OCH3 is 1. The Morgan fingerprint density at radius 2 is 2.11 bits per heavy atom. The van der Waals surface area contributed by atoms with Gasteiger partial charge in [0.2, 0.25) is 11.8 Å². The first-order chi connectivity index (χ1) is 19.5. The van der Waals surface area contributed by atoms with Gasteiger partial charge in [0.15, 0.2) is 11.6 Å². The SMILES string of the molecule is [2H]C([2H])([2H])Oc1nc(N[C@H]2CCN(C3COC3)C[C@@H]2F)nn2cc(F)c(-c3cc(F)c4ncn(CC(F)F)c4c3)c12. The van der Waals surface area contributed by atoms with Crippen molar-refractivity contribution >= 4 is 22.5 Å². The Morgan fingerprint density at radius 1 is 1.26 bits per heavy atom. The molecule has 9 nitrogen and oxygen atoms in total. The van der Waals surface area contributed by atoms with Crippen LogP contribution in [0.15, 0.2) is 24.7 Å². The lowest BCUT2D eigenvalue weighted by atomic mass is 10.0. The number of ether oxygens (including phenoxy) is 2. The number of nitrogens with one attached hydrogen (secondary N) is 1. The second-order valence-electron chi connectivity index (χ2n) is 9.34. The van der Waals surface area contributed by atoms with Crippen LogP contribution in [-0.2, 0) is 11.3 Å². The van der Waals surface area contributed by atoms with Gasteiger partial charge < -0.3 is 19.4 Å². The Morgan fingerprint density at radius 3 is 2.82 bits per heavy atom. The highest BCUT2D eigenvalue weighted by atomic mass is 19.3. The van der Waals surface area contributed by atoms with Gasteiger partial charge in [0, 0.05) is 13.1 Å². The summed E-state index contributed by atoms with van der Waals surface area (Å²) in [7, 11) is -3.02. The number of halogens is 5. The van der Waals surface area contributed by atoms with Crippen molar-refractivity contribution < 1.29 is 35.5 Å². The molecule has 2 aliphatic heterocycles. The van der Waals surface area contributed by atoms with Crippen molar-refractivity contribution in [2.75, 3.05) is 38.7 Å². The summed E-state index contributed by atoms with van der Waals surface area (Å²) in [5.41, 5.74) is -0.899. The minimum Gasteiger partial charge on any atom is -0.479 e. The topological polar surface area (TPSA) is 81.7 Å². The molecule has 202 valence electrons. The number of piperidine rings is 1. The average molecular weight is 541 g/mol. The number of aromatic nitrogens is 5. The molecule has 0 unspecified atom stereocenters. The van der Waals surface area contributed by atoms with Crippen LogP contribution in [0.4, 0.5) is 27.9 Å². The summed E-state index contributed by atoms with van der Waals surface area (Å²) >= 11 is 0. The zero-order chi connectivity index (χ0) is 29.1. The number of rotatable bonds is 7. The van der Waals surface area contributed by atoms with Crippen molar-refractivity contribution in [3.63, 3.8) is 0 Å². The van der Waals surface area contributed by atoms with Crippen LogP contribution >= 0.6 is 0 Å². The van der Waals surface area contributed by atoms with Gasteiger partial charge in [-0.25, -0.2) is 31.5 Å². The van der Waals surface area contributed by atoms with Crippen molar-refractivity contribution in [2.24, 2.45) is 0 Å². The molecule has 5 heterocycles. The maximum atomic E-state index is 15.4. The van der Waals surface area contributed by atoms with E-state index < -0.39 is 49.7 Å². The molecule has 0 saturated carbocycles. The molecule has 0 radical (unpaired) electrons. The van der Waals surface area contributed by atoms with E-state index in [1.165, 1.54) is 6.07 Å². The van der Waals surface area contributed by atoms with E-state index in [4.69, 9.17) is 13.6 Å². The highest BCUT2D eigenvalue weighted by Gasteiger charge is 2.36. The molecular weight excluding hydrogens is 513 g/mol. The number of imidazole rings is 1. The number of hydrogen-bond donors (Lipinski definition) is 1. The number of likely N-dealkylation sites (tertiary alicyclic amines) is 1. The minimum absolute atomic E-state index is 0.0228. The summed E-state index contributed by atoms with van der Waals surface area (Å²) < 4.78 is 107. The van der Waals surface area contributed by atoms with Crippen molar-refractivity contribution in [3.8, 4) is 17.0 Å². The normalized spacial score (nSPS) is 22.4. The predicted octanol–water partition coefficient (Wildman–Crippen LogP) is 3.52. The Kier molecular flexibility index (Phi) is 5.44. The largest absolute Gasteiger partial charge is 0.479 e. The van der Waals surface area contributed by atoms with Crippen LogP contribution in [0.2, 0.25) is 0 Å². The van der Waals surface area contributed by atoms with Crippen LogP contribution in [-0.4, -0.2) is 87.1 Å². The molecular formula is C24H24F5N7O2. The van der Waals surface area contributed by atoms with Crippen molar-refractivity contribution in [1.29, 1.82) is 0 Å². The van der Waals surface area contributed by atoms with Gasteiger partial charge in [0.1, 0.15) is 17.2 Å². The van der Waals surface area contributed by atoms with E-state index in [-0.39, 0.29) is 46.2 Å². The van der Waals surface area contributed by atoms with E-state index >= 15 is 8.78 Å². The second kappa shape index (κ2) is 9.66. The molecule has 6 rings (SSSR count).